The molecule has 3 amide bonds. The normalized spacial score (nSPS) is 23.5. The van der Waals surface area contributed by atoms with Gasteiger partial charge in [0, 0.05) is 24.6 Å². The lowest BCUT2D eigenvalue weighted by atomic mass is 9.94. The van der Waals surface area contributed by atoms with E-state index in [1.165, 1.54) is 18.4 Å². The van der Waals surface area contributed by atoms with Gasteiger partial charge in [-0.25, -0.2) is 0 Å². The summed E-state index contributed by atoms with van der Waals surface area (Å²) in [7, 11) is 0. The van der Waals surface area contributed by atoms with Gasteiger partial charge in [0.25, 0.3) is 5.91 Å². The molecule has 0 bridgehead atoms. The molecule has 26 heavy (non-hydrogen) atoms. The summed E-state index contributed by atoms with van der Waals surface area (Å²) < 4.78 is 0. The van der Waals surface area contributed by atoms with Crippen LogP contribution in [-0.4, -0.2) is 41.8 Å². The van der Waals surface area contributed by atoms with E-state index in [0.717, 1.165) is 18.5 Å². The highest BCUT2D eigenvalue weighted by molar-refractivity contribution is 6.04. The highest BCUT2D eigenvalue weighted by Gasteiger charge is 2.34. The van der Waals surface area contributed by atoms with Gasteiger partial charge in [0.1, 0.15) is 6.04 Å². The first-order valence-electron chi connectivity index (χ1n) is 9.50. The standard InChI is InChI=1S/C20H27N3O3/c1-3-23(17-9-10-18(24)22-19(17)25)20(26)15-8-7-14(12-13(15)2)16-6-4-5-11-21-16/h7-8,12,16-17,21H,3-6,9-11H2,1-2H3,(H,22,24,25). The monoisotopic (exact) mass is 357 g/mol. The zero-order chi connectivity index (χ0) is 18.7. The smallest absolute Gasteiger partial charge is 0.254 e. The molecule has 140 valence electrons. The number of imide groups is 1. The summed E-state index contributed by atoms with van der Waals surface area (Å²) in [6.07, 6.45) is 4.20. The number of carbonyl (C=O) groups excluding carboxylic acids is 3. The van der Waals surface area contributed by atoms with Gasteiger partial charge in [0.2, 0.25) is 11.8 Å². The number of rotatable bonds is 4. The molecular formula is C20H27N3O3. The molecule has 2 aliphatic heterocycles. The fourth-order valence-electron chi connectivity index (χ4n) is 3.92. The molecule has 1 aromatic carbocycles. The first kappa shape index (κ1) is 18.6. The molecule has 2 saturated heterocycles. The molecule has 2 heterocycles. The Kier molecular flexibility index (Phi) is 5.71. The fourth-order valence-corrected chi connectivity index (χ4v) is 3.92. The van der Waals surface area contributed by atoms with Crippen molar-refractivity contribution in [1.29, 1.82) is 0 Å². The summed E-state index contributed by atoms with van der Waals surface area (Å²) in [5.41, 5.74) is 2.75. The molecule has 0 radical (unpaired) electrons. The van der Waals surface area contributed by atoms with Gasteiger partial charge in [-0.1, -0.05) is 18.6 Å². The van der Waals surface area contributed by atoms with Gasteiger partial charge < -0.3 is 10.2 Å². The van der Waals surface area contributed by atoms with E-state index < -0.39 is 6.04 Å². The molecule has 6 nitrogen and oxygen atoms in total. The highest BCUT2D eigenvalue weighted by Crippen LogP contribution is 2.26. The minimum Gasteiger partial charge on any atom is -0.327 e. The summed E-state index contributed by atoms with van der Waals surface area (Å²) >= 11 is 0. The molecule has 0 saturated carbocycles. The Balaban J connectivity index is 1.79. The molecule has 3 rings (SSSR count). The van der Waals surface area contributed by atoms with E-state index in [1.54, 1.807) is 4.90 Å². The van der Waals surface area contributed by atoms with Crippen molar-refractivity contribution in [2.75, 3.05) is 13.1 Å². The third-order valence-corrected chi connectivity index (χ3v) is 5.38. The predicted octanol–water partition coefficient (Wildman–Crippen LogP) is 2.08. The predicted molar refractivity (Wildman–Crippen MR) is 98.7 cm³/mol. The number of likely N-dealkylation sites (N-methyl/N-ethyl adjacent to an activating group) is 1. The second-order valence-electron chi connectivity index (χ2n) is 7.13. The Morgan fingerprint density at radius 3 is 2.65 bits per heavy atom. The van der Waals surface area contributed by atoms with Gasteiger partial charge in [-0.2, -0.15) is 0 Å². The van der Waals surface area contributed by atoms with Crippen molar-refractivity contribution in [3.63, 3.8) is 0 Å². The van der Waals surface area contributed by atoms with Gasteiger partial charge in [-0.15, -0.1) is 0 Å². The van der Waals surface area contributed by atoms with Crippen LogP contribution in [-0.2, 0) is 9.59 Å². The third kappa shape index (κ3) is 3.80. The molecule has 0 spiro atoms. The number of carbonyl (C=O) groups is 3. The molecule has 2 N–H and O–H groups in total. The van der Waals surface area contributed by atoms with Crippen LogP contribution in [0.15, 0.2) is 18.2 Å². The van der Waals surface area contributed by atoms with Crippen LogP contribution < -0.4 is 10.6 Å². The lowest BCUT2D eigenvalue weighted by molar-refractivity contribution is -0.136. The number of benzene rings is 1. The van der Waals surface area contributed by atoms with Gasteiger partial charge in [0.05, 0.1) is 0 Å². The second kappa shape index (κ2) is 7.99. The Morgan fingerprint density at radius 2 is 2.04 bits per heavy atom. The van der Waals surface area contributed by atoms with Crippen molar-refractivity contribution in [3.05, 3.63) is 34.9 Å². The maximum absolute atomic E-state index is 13.1. The maximum Gasteiger partial charge on any atom is 0.254 e. The molecule has 0 aliphatic carbocycles. The van der Waals surface area contributed by atoms with Crippen LogP contribution in [0.3, 0.4) is 0 Å². The van der Waals surface area contributed by atoms with Crippen molar-refractivity contribution < 1.29 is 14.4 Å². The largest absolute Gasteiger partial charge is 0.327 e. The summed E-state index contributed by atoms with van der Waals surface area (Å²) in [6, 6.07) is 5.74. The minimum atomic E-state index is -0.579. The Morgan fingerprint density at radius 1 is 1.23 bits per heavy atom. The molecular weight excluding hydrogens is 330 g/mol. The minimum absolute atomic E-state index is 0.150. The fraction of sp³-hybridized carbons (Fsp3) is 0.550. The Hall–Kier alpha value is -2.21. The van der Waals surface area contributed by atoms with Crippen molar-refractivity contribution >= 4 is 17.7 Å². The molecule has 0 aromatic heterocycles. The average Bonchev–Trinajstić information content (AvgIpc) is 2.64. The first-order valence-corrected chi connectivity index (χ1v) is 9.50. The number of amides is 3. The third-order valence-electron chi connectivity index (χ3n) is 5.38. The summed E-state index contributed by atoms with van der Waals surface area (Å²) in [5, 5.41) is 5.86. The SMILES string of the molecule is CCN(C(=O)c1ccc(C2CCCCN2)cc1C)C1CCC(=O)NC1=O. The van der Waals surface area contributed by atoms with Crippen molar-refractivity contribution in [2.24, 2.45) is 0 Å². The van der Waals surface area contributed by atoms with Crippen LogP contribution in [0.1, 0.15) is 66.6 Å². The van der Waals surface area contributed by atoms with E-state index in [-0.39, 0.29) is 24.1 Å². The average molecular weight is 357 g/mol. The van der Waals surface area contributed by atoms with Crippen LogP contribution in [0, 0.1) is 6.92 Å². The topological polar surface area (TPSA) is 78.5 Å². The maximum atomic E-state index is 13.1. The molecule has 1 aromatic rings. The number of aryl methyl sites for hydroxylation is 1. The lowest BCUT2D eigenvalue weighted by Crippen LogP contribution is -2.54. The number of piperidine rings is 2. The van der Waals surface area contributed by atoms with E-state index in [0.29, 0.717) is 24.6 Å². The zero-order valence-electron chi connectivity index (χ0n) is 15.5. The zero-order valence-corrected chi connectivity index (χ0v) is 15.5. The summed E-state index contributed by atoms with van der Waals surface area (Å²) in [5.74, 6) is -0.796. The van der Waals surface area contributed by atoms with E-state index in [1.807, 2.05) is 26.0 Å². The van der Waals surface area contributed by atoms with Crippen molar-refractivity contribution in [1.82, 2.24) is 15.5 Å². The van der Waals surface area contributed by atoms with E-state index in [2.05, 4.69) is 16.7 Å². The first-order chi connectivity index (χ1) is 12.5. The number of nitrogens with one attached hydrogen (secondary N) is 2. The van der Waals surface area contributed by atoms with Crippen molar-refractivity contribution in [3.8, 4) is 0 Å². The highest BCUT2D eigenvalue weighted by atomic mass is 16.2. The van der Waals surface area contributed by atoms with Crippen LogP contribution in [0.4, 0.5) is 0 Å². The van der Waals surface area contributed by atoms with Crippen LogP contribution >= 0.6 is 0 Å². The lowest BCUT2D eigenvalue weighted by Gasteiger charge is -2.32. The van der Waals surface area contributed by atoms with Crippen LogP contribution in [0.25, 0.3) is 0 Å². The van der Waals surface area contributed by atoms with E-state index in [4.69, 9.17) is 0 Å². The van der Waals surface area contributed by atoms with Crippen LogP contribution in [0.2, 0.25) is 0 Å². The van der Waals surface area contributed by atoms with E-state index >= 15 is 0 Å². The van der Waals surface area contributed by atoms with Gasteiger partial charge >= 0.3 is 0 Å². The van der Waals surface area contributed by atoms with Gasteiger partial charge in [0.15, 0.2) is 0 Å². The Bertz CT molecular complexity index is 710. The number of hydrogen-bond donors (Lipinski definition) is 2. The van der Waals surface area contributed by atoms with Gasteiger partial charge in [-0.05, 0) is 56.8 Å². The van der Waals surface area contributed by atoms with E-state index in [9.17, 15) is 14.4 Å². The molecule has 6 heteroatoms. The summed E-state index contributed by atoms with van der Waals surface area (Å²) in [4.78, 5) is 38.2. The second-order valence-corrected chi connectivity index (χ2v) is 7.13. The molecule has 2 aliphatic rings. The summed E-state index contributed by atoms with van der Waals surface area (Å²) in [6.45, 7) is 5.26. The molecule has 2 atom stereocenters. The number of nitrogens with zero attached hydrogens (tertiary/aromatic N) is 1. The quantitative estimate of drug-likeness (QED) is 0.809. The number of hydrogen-bond acceptors (Lipinski definition) is 4. The molecule has 2 unspecified atom stereocenters. The van der Waals surface area contributed by atoms with Crippen molar-refractivity contribution in [2.45, 2.75) is 58.0 Å². The Labute approximate surface area is 154 Å². The molecule has 2 fully saturated rings. The van der Waals surface area contributed by atoms with Gasteiger partial charge in [-0.3, -0.25) is 19.7 Å². The van der Waals surface area contributed by atoms with Crippen LogP contribution in [0.5, 0.6) is 0 Å².